The van der Waals surface area contributed by atoms with Crippen molar-refractivity contribution in [2.75, 3.05) is 0 Å². The summed E-state index contributed by atoms with van der Waals surface area (Å²) in [5, 5.41) is 12.5. The maximum atomic E-state index is 11.6. The van der Waals surface area contributed by atoms with Crippen molar-refractivity contribution in [3.63, 3.8) is 0 Å². The number of hydrogen-bond acceptors (Lipinski definition) is 8. The molecule has 3 aromatic heterocycles. The van der Waals surface area contributed by atoms with Crippen LogP contribution in [-0.4, -0.2) is 24.9 Å². The summed E-state index contributed by atoms with van der Waals surface area (Å²) in [5.41, 5.74) is 0.0666. The van der Waals surface area contributed by atoms with Crippen LogP contribution in [0.1, 0.15) is 0 Å². The highest BCUT2D eigenvalue weighted by Crippen LogP contribution is 2.38. The van der Waals surface area contributed by atoms with Crippen LogP contribution in [-0.2, 0) is 0 Å². The molecule has 0 aliphatic heterocycles. The zero-order chi connectivity index (χ0) is 18.6. The van der Waals surface area contributed by atoms with Gasteiger partial charge in [-0.3, -0.25) is 20.1 Å². The van der Waals surface area contributed by atoms with E-state index in [4.69, 9.17) is 9.47 Å². The fourth-order valence-electron chi connectivity index (χ4n) is 2.43. The molecule has 0 aliphatic carbocycles. The van der Waals surface area contributed by atoms with Crippen molar-refractivity contribution < 1.29 is 14.4 Å². The van der Waals surface area contributed by atoms with Crippen molar-refractivity contribution in [3.05, 3.63) is 77.5 Å². The number of benzene rings is 1. The van der Waals surface area contributed by atoms with Gasteiger partial charge in [0.25, 0.3) is 0 Å². The van der Waals surface area contributed by atoms with Gasteiger partial charge in [0, 0.05) is 17.8 Å². The van der Waals surface area contributed by atoms with E-state index in [1.54, 1.807) is 42.7 Å². The number of nitrogens with zero attached hydrogens (tertiary/aromatic N) is 5. The molecule has 0 aliphatic rings. The Hall–Kier alpha value is -4.14. The van der Waals surface area contributed by atoms with E-state index < -0.39 is 10.6 Å². The number of pyridine rings is 2. The topological polar surface area (TPSA) is 113 Å². The minimum Gasteiger partial charge on any atom is -0.432 e. The molecule has 9 heteroatoms. The van der Waals surface area contributed by atoms with E-state index in [-0.39, 0.29) is 11.8 Å². The molecule has 3 heterocycles. The smallest absolute Gasteiger partial charge is 0.393 e. The van der Waals surface area contributed by atoms with Crippen LogP contribution >= 0.6 is 0 Å². The summed E-state index contributed by atoms with van der Waals surface area (Å²) >= 11 is 0. The van der Waals surface area contributed by atoms with Crippen molar-refractivity contribution in [2.24, 2.45) is 0 Å². The van der Waals surface area contributed by atoms with E-state index >= 15 is 0 Å². The summed E-state index contributed by atoms with van der Waals surface area (Å²) in [7, 11) is 0. The quantitative estimate of drug-likeness (QED) is 0.388. The highest BCUT2D eigenvalue weighted by atomic mass is 16.6. The molecule has 9 nitrogen and oxygen atoms in total. The number of nitro groups is 1. The molecule has 4 rings (SSSR count). The van der Waals surface area contributed by atoms with Crippen molar-refractivity contribution in [3.8, 4) is 23.3 Å². The van der Waals surface area contributed by atoms with E-state index in [0.717, 1.165) is 11.7 Å². The van der Waals surface area contributed by atoms with Gasteiger partial charge in [-0.1, -0.05) is 18.2 Å². The first-order valence-corrected chi connectivity index (χ1v) is 7.81. The lowest BCUT2D eigenvalue weighted by Crippen LogP contribution is -2.01. The van der Waals surface area contributed by atoms with Crippen molar-refractivity contribution in [1.29, 1.82) is 0 Å². The first kappa shape index (κ1) is 16.3. The minimum absolute atomic E-state index is 0.243. The second-order valence-corrected chi connectivity index (χ2v) is 5.31. The van der Waals surface area contributed by atoms with Crippen LogP contribution in [0.4, 0.5) is 5.69 Å². The Morgan fingerprint density at radius 2 is 1.67 bits per heavy atom. The number of rotatable bonds is 5. The Kier molecular flexibility index (Phi) is 4.24. The molecule has 27 heavy (non-hydrogen) atoms. The molecule has 0 spiro atoms. The SMILES string of the molecule is O=[N+]([O-])c1c(Oc2cccnc2)ncnc1Oc1cccc2cccnc12. The summed E-state index contributed by atoms with van der Waals surface area (Å²) in [5.74, 6) is 0.151. The van der Waals surface area contributed by atoms with Gasteiger partial charge in [-0.15, -0.1) is 0 Å². The van der Waals surface area contributed by atoms with Crippen LogP contribution in [0.3, 0.4) is 0 Å². The largest absolute Gasteiger partial charge is 0.432 e. The van der Waals surface area contributed by atoms with Gasteiger partial charge in [0.1, 0.15) is 17.6 Å². The van der Waals surface area contributed by atoms with Gasteiger partial charge in [0.2, 0.25) is 0 Å². The van der Waals surface area contributed by atoms with Crippen LogP contribution in [0.2, 0.25) is 0 Å². The van der Waals surface area contributed by atoms with Gasteiger partial charge in [-0.25, -0.2) is 0 Å². The lowest BCUT2D eigenvalue weighted by molar-refractivity contribution is -0.387. The number of ether oxygens (including phenoxy) is 2. The second kappa shape index (κ2) is 7.00. The number of para-hydroxylation sites is 1. The zero-order valence-corrected chi connectivity index (χ0v) is 13.7. The molecular formula is C18H11N5O4. The lowest BCUT2D eigenvalue weighted by Gasteiger charge is -2.09. The maximum absolute atomic E-state index is 11.6. The molecule has 0 amide bonds. The van der Waals surface area contributed by atoms with Crippen LogP contribution in [0.15, 0.2) is 67.4 Å². The van der Waals surface area contributed by atoms with Gasteiger partial charge >= 0.3 is 17.4 Å². The molecule has 132 valence electrons. The summed E-state index contributed by atoms with van der Waals surface area (Å²) in [6, 6.07) is 12.2. The molecule has 1 aromatic carbocycles. The molecule has 4 aromatic rings. The van der Waals surface area contributed by atoms with E-state index in [0.29, 0.717) is 17.0 Å². The number of aromatic nitrogens is 4. The maximum Gasteiger partial charge on any atom is 0.393 e. The molecule has 0 fully saturated rings. The molecular weight excluding hydrogens is 350 g/mol. The monoisotopic (exact) mass is 361 g/mol. The van der Waals surface area contributed by atoms with Gasteiger partial charge < -0.3 is 9.47 Å². The van der Waals surface area contributed by atoms with Gasteiger partial charge in [-0.05, 0) is 24.3 Å². The fourth-order valence-corrected chi connectivity index (χ4v) is 2.43. The van der Waals surface area contributed by atoms with Gasteiger partial charge in [0.15, 0.2) is 5.75 Å². The van der Waals surface area contributed by atoms with E-state index in [1.165, 1.54) is 6.20 Å². The first-order chi connectivity index (χ1) is 13.2. The van der Waals surface area contributed by atoms with Gasteiger partial charge in [0.05, 0.1) is 11.1 Å². The molecule has 0 N–H and O–H groups in total. The lowest BCUT2D eigenvalue weighted by atomic mass is 10.2. The predicted molar refractivity (Wildman–Crippen MR) is 94.8 cm³/mol. The normalized spacial score (nSPS) is 10.5. The van der Waals surface area contributed by atoms with Crippen LogP contribution in [0.25, 0.3) is 10.9 Å². The summed E-state index contributed by atoms with van der Waals surface area (Å²) in [6.07, 6.45) is 5.72. The Morgan fingerprint density at radius 3 is 2.44 bits per heavy atom. The van der Waals surface area contributed by atoms with Crippen LogP contribution in [0, 0.1) is 10.1 Å². The third kappa shape index (κ3) is 3.33. The number of fused-ring (bicyclic) bond motifs is 1. The average molecular weight is 361 g/mol. The average Bonchev–Trinajstić information content (AvgIpc) is 2.69. The van der Waals surface area contributed by atoms with E-state index in [2.05, 4.69) is 19.9 Å². The Bertz CT molecular complexity index is 1120. The molecule has 0 radical (unpaired) electrons. The molecule has 0 atom stereocenters. The van der Waals surface area contributed by atoms with Crippen molar-refractivity contribution in [2.45, 2.75) is 0 Å². The molecule has 0 unspecified atom stereocenters. The standard InChI is InChI=1S/C18H11N5O4/c24-23(25)16-17(26-13-6-3-8-19-10-13)21-11-22-18(16)27-14-7-1-4-12-5-2-9-20-15(12)14/h1-11H. The third-order valence-corrected chi connectivity index (χ3v) is 3.59. The number of hydrogen-bond donors (Lipinski definition) is 0. The fraction of sp³-hybridized carbons (Fsp3) is 0. The Balaban J connectivity index is 1.76. The molecule has 0 saturated heterocycles. The summed E-state index contributed by atoms with van der Waals surface area (Å²) in [6.45, 7) is 0. The summed E-state index contributed by atoms with van der Waals surface area (Å²) < 4.78 is 11.2. The van der Waals surface area contributed by atoms with Crippen LogP contribution < -0.4 is 9.47 Å². The highest BCUT2D eigenvalue weighted by molar-refractivity contribution is 5.84. The van der Waals surface area contributed by atoms with Crippen LogP contribution in [0.5, 0.6) is 23.3 Å². The Morgan fingerprint density at radius 1 is 0.889 bits per heavy atom. The van der Waals surface area contributed by atoms with E-state index in [9.17, 15) is 10.1 Å². The second-order valence-electron chi connectivity index (χ2n) is 5.31. The van der Waals surface area contributed by atoms with E-state index in [1.807, 2.05) is 12.1 Å². The Labute approximate surface area is 152 Å². The first-order valence-electron chi connectivity index (χ1n) is 7.81. The van der Waals surface area contributed by atoms with Crippen molar-refractivity contribution in [1.82, 2.24) is 19.9 Å². The third-order valence-electron chi connectivity index (χ3n) is 3.59. The highest BCUT2D eigenvalue weighted by Gasteiger charge is 2.27. The summed E-state index contributed by atoms with van der Waals surface area (Å²) in [4.78, 5) is 26.9. The van der Waals surface area contributed by atoms with Gasteiger partial charge in [-0.2, -0.15) is 9.97 Å². The predicted octanol–water partition coefficient (Wildman–Crippen LogP) is 3.91. The molecule has 0 saturated carbocycles. The zero-order valence-electron chi connectivity index (χ0n) is 13.7. The molecule has 0 bridgehead atoms. The van der Waals surface area contributed by atoms with Crippen molar-refractivity contribution >= 4 is 16.6 Å². The minimum atomic E-state index is -0.653.